The number of nitrogens with one attached hydrogen (secondary N) is 2. The second-order valence-electron chi connectivity index (χ2n) is 8.24. The number of nitrogen functional groups attached to an aromatic ring is 1. The zero-order valence-electron chi connectivity index (χ0n) is 19.8. The molecule has 4 aliphatic rings. The number of carboxylic acids is 1. The molecule has 0 aliphatic carbocycles. The van der Waals surface area contributed by atoms with Crippen LogP contribution in [0, 0.1) is 0 Å². The van der Waals surface area contributed by atoms with Gasteiger partial charge in [0.15, 0.2) is 16.7 Å². The fourth-order valence-electron chi connectivity index (χ4n) is 4.04. The minimum Gasteiger partial charge on any atom is -0.477 e. The highest BCUT2D eigenvalue weighted by atomic mass is 32.2. The molecule has 7 N–H and O–H groups in total. The lowest BCUT2D eigenvalue weighted by atomic mass is 10.0. The summed E-state index contributed by atoms with van der Waals surface area (Å²) >= 11 is 3.56. The summed E-state index contributed by atoms with van der Waals surface area (Å²) in [6.45, 7) is 1.74. The molecule has 0 radical (unpaired) electrons. The lowest BCUT2D eigenvalue weighted by Gasteiger charge is -2.49. The van der Waals surface area contributed by atoms with E-state index in [1.165, 1.54) is 40.1 Å². The van der Waals surface area contributed by atoms with Crippen molar-refractivity contribution in [3.8, 4) is 0 Å². The van der Waals surface area contributed by atoms with E-state index in [1.807, 2.05) is 0 Å². The first-order valence-corrected chi connectivity index (χ1v) is 13.8. The first-order valence-electron chi connectivity index (χ1n) is 10.9. The fourth-order valence-corrected chi connectivity index (χ4v) is 7.14. The van der Waals surface area contributed by atoms with Gasteiger partial charge in [-0.15, -0.1) is 40.4 Å². The predicted octanol–water partition coefficient (Wildman–Crippen LogP) is 0.205. The minimum absolute atomic E-state index is 0.0390. The monoisotopic (exact) mass is 593 g/mol. The normalized spacial score (nSPS) is 22.5. The van der Waals surface area contributed by atoms with E-state index < -0.39 is 41.0 Å². The molecule has 1 saturated heterocycles. The first-order chi connectivity index (χ1) is 18.6. The Morgan fingerprint density at radius 3 is 2.77 bits per heavy atom. The first kappa shape index (κ1) is 26.5. The van der Waals surface area contributed by atoms with Crippen LogP contribution in [0.3, 0.4) is 0 Å². The van der Waals surface area contributed by atoms with Crippen molar-refractivity contribution in [2.45, 2.75) is 18.3 Å². The third-order valence-electron chi connectivity index (χ3n) is 5.74. The van der Waals surface area contributed by atoms with Gasteiger partial charge in [0.2, 0.25) is 0 Å². The van der Waals surface area contributed by atoms with Crippen molar-refractivity contribution in [3.63, 3.8) is 0 Å². The number of β-lactam (4-membered cyclic amide) rings is 1. The van der Waals surface area contributed by atoms with Gasteiger partial charge in [0.05, 0.1) is 11.2 Å². The summed E-state index contributed by atoms with van der Waals surface area (Å²) in [6, 6.07) is -1.04. The van der Waals surface area contributed by atoms with Gasteiger partial charge in [-0.1, -0.05) is 5.16 Å². The average molecular weight is 594 g/mol. The van der Waals surface area contributed by atoms with Crippen LogP contribution in [-0.2, 0) is 14.4 Å². The molecule has 1 aromatic heterocycles. The number of anilines is 1. The van der Waals surface area contributed by atoms with Gasteiger partial charge in [-0.05, 0) is 18.6 Å². The lowest BCUT2D eigenvalue weighted by molar-refractivity contribution is -0.150. The third kappa shape index (κ3) is 4.80. The Labute approximate surface area is 231 Å². The second-order valence-corrected chi connectivity index (χ2v) is 11.2. The Balaban J connectivity index is 1.29. The minimum atomic E-state index is -1.29. The Morgan fingerprint density at radius 2 is 2.13 bits per heavy atom. The number of aliphatic imine (C=N–C) groups is 1. The van der Waals surface area contributed by atoms with Crippen LogP contribution < -0.4 is 16.6 Å². The number of oxime groups is 1. The highest BCUT2D eigenvalue weighted by Crippen LogP contribution is 2.42. The number of carbonyl (C=O) groups excluding carboxylic acids is 2. The zero-order valence-corrected chi connectivity index (χ0v) is 22.2. The topological polar surface area (TPSA) is 226 Å². The summed E-state index contributed by atoms with van der Waals surface area (Å²) < 4.78 is 0. The van der Waals surface area contributed by atoms with Crippen molar-refractivity contribution in [1.82, 2.24) is 30.8 Å². The smallest absolute Gasteiger partial charge is 0.427 e. The quantitative estimate of drug-likeness (QED) is 0.108. The van der Waals surface area contributed by atoms with E-state index in [9.17, 15) is 34.6 Å². The molecule has 5 heterocycles. The summed E-state index contributed by atoms with van der Waals surface area (Å²) in [5.41, 5.74) is 8.77. The van der Waals surface area contributed by atoms with E-state index in [0.29, 0.717) is 22.1 Å². The molecule has 0 aromatic carbocycles. The molecule has 0 saturated carbocycles. The van der Waals surface area contributed by atoms with Gasteiger partial charge in [-0.25, -0.2) is 24.6 Å². The van der Waals surface area contributed by atoms with E-state index in [-0.39, 0.29) is 28.0 Å². The maximum atomic E-state index is 13.0. The maximum absolute atomic E-state index is 13.0. The zero-order chi connectivity index (χ0) is 28.0. The highest BCUT2D eigenvalue weighted by Gasteiger charge is 2.54. The number of allylic oxidation sites excluding steroid dienone is 1. The van der Waals surface area contributed by atoms with Crippen LogP contribution in [0.2, 0.25) is 0 Å². The predicted molar refractivity (Wildman–Crippen MR) is 141 cm³/mol. The van der Waals surface area contributed by atoms with Gasteiger partial charge >= 0.3 is 12.1 Å². The van der Waals surface area contributed by atoms with Gasteiger partial charge in [-0.2, -0.15) is 5.01 Å². The number of aliphatic carboxylic acids is 1. The number of carboxylic acid groups (broad SMARTS) is 2. The number of amides is 3. The van der Waals surface area contributed by atoms with Gasteiger partial charge in [-0.3, -0.25) is 14.5 Å². The van der Waals surface area contributed by atoms with Crippen LogP contribution >= 0.6 is 34.9 Å². The van der Waals surface area contributed by atoms with Crippen LogP contribution in [-0.4, -0.2) is 93.5 Å². The number of aromatic nitrogens is 1. The number of carbonyl (C=O) groups is 4. The van der Waals surface area contributed by atoms with E-state index in [2.05, 4.69) is 26.0 Å². The molecule has 4 aliphatic heterocycles. The van der Waals surface area contributed by atoms with E-state index in [0.717, 1.165) is 21.2 Å². The standard InChI is InChI=1S/C20H19N9O7S3/c1-7-2-11(29-10(22-7)3-27(26-29)20(34)35)37-4-8-5-38-17-13(16(31)28(17)14(8)18(32)33)24-15(30)12(25-36)9-6-39-19(21)23-9/h2-3,6,13,17,26,36H,4-5H2,1H3,(H2,21,23)(H,24,30)(H,32,33)(H,34,35)/t13-,17-/m1/s1. The van der Waals surface area contributed by atoms with Crippen molar-refractivity contribution in [3.05, 3.63) is 45.5 Å². The molecule has 1 fully saturated rings. The molecule has 3 amide bonds. The number of nitrogens with two attached hydrogens (primary N) is 1. The Morgan fingerprint density at radius 1 is 1.36 bits per heavy atom. The summed E-state index contributed by atoms with van der Waals surface area (Å²) in [4.78, 5) is 58.5. The van der Waals surface area contributed by atoms with Crippen molar-refractivity contribution in [2.24, 2.45) is 10.1 Å². The van der Waals surface area contributed by atoms with Crippen LogP contribution in [0.5, 0.6) is 0 Å². The summed E-state index contributed by atoms with van der Waals surface area (Å²) in [5, 5.41) is 37.8. The maximum Gasteiger partial charge on any atom is 0.427 e. The molecule has 0 bridgehead atoms. The van der Waals surface area contributed by atoms with Crippen molar-refractivity contribution >= 4 is 75.3 Å². The fraction of sp³-hybridized carbons (Fsp3) is 0.250. The molecule has 16 nitrogen and oxygen atoms in total. The van der Waals surface area contributed by atoms with Crippen molar-refractivity contribution in [2.75, 3.05) is 17.2 Å². The summed E-state index contributed by atoms with van der Waals surface area (Å²) in [7, 11) is 0. The molecular weight excluding hydrogens is 574 g/mol. The number of thioether (sulfide) groups is 2. The highest BCUT2D eigenvalue weighted by molar-refractivity contribution is 8.03. The SMILES string of the molecule is CC1=NC2=CN(C(=O)O)NN2C(SCC2=C(C(=O)O)N3C(=O)[C@@H](NC(=O)C(=NO)c4csc(N)n4)[C@H]3SC2)=C1. The molecule has 5 rings (SSSR count). The number of hydrogen-bond acceptors (Lipinski definition) is 14. The van der Waals surface area contributed by atoms with E-state index >= 15 is 0 Å². The number of thiazole rings is 1. The molecular formula is C20H19N9O7S3. The second kappa shape index (κ2) is 10.2. The van der Waals surface area contributed by atoms with Crippen molar-refractivity contribution in [1.29, 1.82) is 0 Å². The molecule has 19 heteroatoms. The van der Waals surface area contributed by atoms with E-state index in [1.54, 1.807) is 13.0 Å². The Bertz CT molecular complexity index is 1450. The number of hydrazine groups is 2. The van der Waals surface area contributed by atoms with Gasteiger partial charge in [0, 0.05) is 22.6 Å². The van der Waals surface area contributed by atoms with Gasteiger partial charge in [0.25, 0.3) is 11.8 Å². The average Bonchev–Trinajstić information content (AvgIpc) is 3.52. The third-order valence-corrected chi connectivity index (χ3v) is 8.84. The van der Waals surface area contributed by atoms with Crippen molar-refractivity contribution < 1.29 is 34.6 Å². The summed E-state index contributed by atoms with van der Waals surface area (Å²) in [6.07, 6.45) is 1.80. The van der Waals surface area contributed by atoms with Crippen LogP contribution in [0.25, 0.3) is 0 Å². The largest absolute Gasteiger partial charge is 0.477 e. The molecule has 204 valence electrons. The molecule has 39 heavy (non-hydrogen) atoms. The summed E-state index contributed by atoms with van der Waals surface area (Å²) in [5.74, 6) is -1.98. The molecule has 0 unspecified atom stereocenters. The van der Waals surface area contributed by atoms with Gasteiger partial charge < -0.3 is 26.5 Å². The Kier molecular flexibility index (Phi) is 6.97. The molecule has 0 spiro atoms. The van der Waals surface area contributed by atoms with E-state index in [4.69, 9.17) is 5.73 Å². The van der Waals surface area contributed by atoms with Crippen LogP contribution in [0.1, 0.15) is 12.6 Å². The number of fused-ring (bicyclic) bond motifs is 2. The number of rotatable bonds is 7. The Hall–Kier alpha value is -4.07. The molecule has 1 aromatic rings. The van der Waals surface area contributed by atoms with Crippen LogP contribution in [0.15, 0.2) is 49.9 Å². The van der Waals surface area contributed by atoms with Crippen LogP contribution in [0.4, 0.5) is 9.93 Å². The molecule has 2 atom stereocenters. The van der Waals surface area contributed by atoms with Gasteiger partial charge in [0.1, 0.15) is 22.8 Å². The number of hydrogen-bond donors (Lipinski definition) is 6. The number of nitrogens with zero attached hydrogens (tertiary/aromatic N) is 6. The lowest BCUT2D eigenvalue weighted by Crippen LogP contribution is -2.71.